The Bertz CT molecular complexity index is 540. The molecule has 0 radical (unpaired) electrons. The van der Waals surface area contributed by atoms with Crippen molar-refractivity contribution >= 4 is 33.3 Å². The van der Waals surface area contributed by atoms with E-state index in [1.807, 2.05) is 18.2 Å². The zero-order valence-corrected chi connectivity index (χ0v) is 9.18. The molecule has 2 aromatic heterocycles. The van der Waals surface area contributed by atoms with Gasteiger partial charge in [-0.05, 0) is 23.9 Å². The van der Waals surface area contributed by atoms with Crippen LogP contribution in [0.25, 0.3) is 10.2 Å². The lowest BCUT2D eigenvalue weighted by Crippen LogP contribution is -1.71. The van der Waals surface area contributed by atoms with Crippen LogP contribution in [-0.4, -0.2) is 20.4 Å². The third-order valence-corrected chi connectivity index (χ3v) is 3.86. The van der Waals surface area contributed by atoms with E-state index in [0.717, 1.165) is 14.9 Å². The second kappa shape index (κ2) is 3.63. The van der Waals surface area contributed by atoms with E-state index >= 15 is 0 Å². The van der Waals surface area contributed by atoms with Crippen LogP contribution in [0.3, 0.4) is 0 Å². The Kier molecular flexibility index (Phi) is 2.15. The molecule has 1 N–H and O–H groups in total. The second-order valence-corrected chi connectivity index (χ2v) is 5.16. The van der Waals surface area contributed by atoms with Crippen LogP contribution in [0.15, 0.2) is 39.8 Å². The van der Waals surface area contributed by atoms with Gasteiger partial charge in [-0.15, -0.1) is 16.4 Å². The normalized spacial score (nSPS) is 10.9. The summed E-state index contributed by atoms with van der Waals surface area (Å²) >= 11 is 3.19. The van der Waals surface area contributed by atoms with Gasteiger partial charge in [-0.3, -0.25) is 0 Å². The molecule has 2 heterocycles. The molecule has 6 heteroatoms. The topological polar surface area (TPSA) is 54.5 Å². The molecule has 0 saturated heterocycles. The van der Waals surface area contributed by atoms with Crippen LogP contribution >= 0.6 is 23.1 Å². The van der Waals surface area contributed by atoms with Crippen molar-refractivity contribution in [3.63, 3.8) is 0 Å². The zero-order chi connectivity index (χ0) is 10.1. The highest BCUT2D eigenvalue weighted by Crippen LogP contribution is 2.32. The standard InChI is InChI=1S/C9H6N4S2/c1-2-4-7-6(3-1)11-9(14-7)15-8-5-10-13-12-8/h1-5H,(H,10,12,13). The molecule has 3 rings (SSSR count). The summed E-state index contributed by atoms with van der Waals surface area (Å²) in [5.41, 5.74) is 1.04. The maximum Gasteiger partial charge on any atom is 0.157 e. The zero-order valence-electron chi connectivity index (χ0n) is 7.54. The monoisotopic (exact) mass is 234 g/mol. The smallest absolute Gasteiger partial charge is 0.157 e. The summed E-state index contributed by atoms with van der Waals surface area (Å²) in [6, 6.07) is 8.09. The molecule has 74 valence electrons. The summed E-state index contributed by atoms with van der Waals surface area (Å²) in [4.78, 5) is 4.49. The van der Waals surface area contributed by atoms with Gasteiger partial charge < -0.3 is 0 Å². The number of para-hydroxylation sites is 1. The lowest BCUT2D eigenvalue weighted by atomic mass is 10.3. The number of nitrogens with zero attached hydrogens (tertiary/aromatic N) is 3. The van der Waals surface area contributed by atoms with Crippen LogP contribution in [0.1, 0.15) is 0 Å². The molecule has 0 spiro atoms. The fraction of sp³-hybridized carbons (Fsp3) is 0. The Balaban J connectivity index is 1.98. The number of thiazole rings is 1. The van der Waals surface area contributed by atoms with Crippen molar-refractivity contribution in [3.8, 4) is 0 Å². The molecule has 0 amide bonds. The van der Waals surface area contributed by atoms with E-state index < -0.39 is 0 Å². The summed E-state index contributed by atoms with van der Waals surface area (Å²) in [6.07, 6.45) is 1.69. The molecule has 0 atom stereocenters. The average Bonchev–Trinajstić information content (AvgIpc) is 2.86. The third-order valence-electron chi connectivity index (χ3n) is 1.86. The van der Waals surface area contributed by atoms with Gasteiger partial charge in [0.2, 0.25) is 0 Å². The number of fused-ring (bicyclic) bond motifs is 1. The fourth-order valence-corrected chi connectivity index (χ4v) is 3.13. The predicted octanol–water partition coefficient (Wildman–Crippen LogP) is 2.57. The third kappa shape index (κ3) is 1.73. The maximum atomic E-state index is 4.49. The molecule has 0 fully saturated rings. The minimum Gasteiger partial charge on any atom is -0.229 e. The molecule has 15 heavy (non-hydrogen) atoms. The highest BCUT2D eigenvalue weighted by atomic mass is 32.2. The van der Waals surface area contributed by atoms with Crippen LogP contribution in [0.5, 0.6) is 0 Å². The van der Waals surface area contributed by atoms with Gasteiger partial charge in [0.25, 0.3) is 0 Å². The second-order valence-electron chi connectivity index (χ2n) is 2.86. The molecule has 0 aliphatic carbocycles. The van der Waals surface area contributed by atoms with Gasteiger partial charge in [0.05, 0.1) is 16.4 Å². The van der Waals surface area contributed by atoms with Crippen LogP contribution in [0.2, 0.25) is 0 Å². The summed E-state index contributed by atoms with van der Waals surface area (Å²) in [5, 5.41) is 11.1. The van der Waals surface area contributed by atoms with E-state index in [2.05, 4.69) is 26.5 Å². The van der Waals surface area contributed by atoms with E-state index in [1.54, 1.807) is 17.5 Å². The van der Waals surface area contributed by atoms with Gasteiger partial charge in [0.15, 0.2) is 4.34 Å². The van der Waals surface area contributed by atoms with Gasteiger partial charge in [0.1, 0.15) is 5.03 Å². The first-order valence-electron chi connectivity index (χ1n) is 4.31. The Labute approximate surface area is 93.7 Å². The summed E-state index contributed by atoms with van der Waals surface area (Å²) in [7, 11) is 0. The molecule has 0 aliphatic rings. The summed E-state index contributed by atoms with van der Waals surface area (Å²) in [5.74, 6) is 0. The Morgan fingerprint density at radius 1 is 1.27 bits per heavy atom. The van der Waals surface area contributed by atoms with E-state index in [1.165, 1.54) is 16.5 Å². The van der Waals surface area contributed by atoms with Gasteiger partial charge >= 0.3 is 0 Å². The van der Waals surface area contributed by atoms with E-state index in [0.29, 0.717) is 0 Å². The van der Waals surface area contributed by atoms with Gasteiger partial charge in [-0.2, -0.15) is 10.3 Å². The molecule has 1 aromatic carbocycles. The first-order valence-corrected chi connectivity index (χ1v) is 5.94. The number of benzene rings is 1. The first kappa shape index (κ1) is 8.87. The van der Waals surface area contributed by atoms with Crippen molar-refractivity contribution in [2.45, 2.75) is 9.37 Å². The minimum atomic E-state index is 0.842. The van der Waals surface area contributed by atoms with Crippen LogP contribution in [0, 0.1) is 0 Å². The SMILES string of the molecule is c1ccc2sc(Sc3cn[nH]n3)nc2c1. The maximum absolute atomic E-state index is 4.49. The Hall–Kier alpha value is -1.40. The average molecular weight is 234 g/mol. The molecule has 4 nitrogen and oxygen atoms in total. The van der Waals surface area contributed by atoms with Crippen LogP contribution < -0.4 is 0 Å². The Morgan fingerprint density at radius 2 is 2.20 bits per heavy atom. The highest BCUT2D eigenvalue weighted by Gasteiger charge is 2.06. The number of aromatic nitrogens is 4. The lowest BCUT2D eigenvalue weighted by molar-refractivity contribution is 0.911. The number of H-pyrrole nitrogens is 1. The highest BCUT2D eigenvalue weighted by molar-refractivity contribution is 8.01. The van der Waals surface area contributed by atoms with Crippen LogP contribution in [0.4, 0.5) is 0 Å². The number of hydrogen-bond donors (Lipinski definition) is 1. The molecule has 0 saturated carbocycles. The number of nitrogens with one attached hydrogen (secondary N) is 1. The molecular weight excluding hydrogens is 228 g/mol. The van der Waals surface area contributed by atoms with E-state index in [-0.39, 0.29) is 0 Å². The summed E-state index contributed by atoms with van der Waals surface area (Å²) < 4.78 is 2.19. The van der Waals surface area contributed by atoms with Gasteiger partial charge in [-0.25, -0.2) is 4.98 Å². The van der Waals surface area contributed by atoms with Gasteiger partial charge in [-0.1, -0.05) is 12.1 Å². The molecular formula is C9H6N4S2. The molecule has 3 aromatic rings. The van der Waals surface area contributed by atoms with Crippen molar-refractivity contribution < 1.29 is 0 Å². The van der Waals surface area contributed by atoms with Crippen molar-refractivity contribution in [1.82, 2.24) is 20.4 Å². The van der Waals surface area contributed by atoms with Crippen molar-refractivity contribution in [2.75, 3.05) is 0 Å². The number of hydrogen-bond acceptors (Lipinski definition) is 5. The van der Waals surface area contributed by atoms with Crippen molar-refractivity contribution in [1.29, 1.82) is 0 Å². The Morgan fingerprint density at radius 3 is 3.00 bits per heavy atom. The predicted molar refractivity (Wildman–Crippen MR) is 60.1 cm³/mol. The fourth-order valence-electron chi connectivity index (χ4n) is 1.22. The molecule has 0 unspecified atom stereocenters. The first-order chi connectivity index (χ1) is 7.42. The van der Waals surface area contributed by atoms with Gasteiger partial charge in [0, 0.05) is 0 Å². The largest absolute Gasteiger partial charge is 0.229 e. The van der Waals surface area contributed by atoms with E-state index in [4.69, 9.17) is 0 Å². The molecule has 0 bridgehead atoms. The van der Waals surface area contributed by atoms with Crippen molar-refractivity contribution in [3.05, 3.63) is 30.5 Å². The quantitative estimate of drug-likeness (QED) is 0.740. The van der Waals surface area contributed by atoms with Crippen molar-refractivity contribution in [2.24, 2.45) is 0 Å². The lowest BCUT2D eigenvalue weighted by Gasteiger charge is -1.86. The van der Waals surface area contributed by atoms with Crippen LogP contribution in [-0.2, 0) is 0 Å². The minimum absolute atomic E-state index is 0.842. The number of rotatable bonds is 2. The summed E-state index contributed by atoms with van der Waals surface area (Å²) in [6.45, 7) is 0. The van der Waals surface area contributed by atoms with E-state index in [9.17, 15) is 0 Å². The number of aromatic amines is 1. The molecule has 0 aliphatic heterocycles.